The van der Waals surface area contributed by atoms with Crippen LogP contribution in [0.5, 0.6) is 0 Å². The van der Waals surface area contributed by atoms with Gasteiger partial charge in [0.2, 0.25) is 0 Å². The number of halogens is 4. The molecule has 0 aliphatic heterocycles. The highest BCUT2D eigenvalue weighted by molar-refractivity contribution is 5.57. The Hall–Kier alpha value is -2.26. The van der Waals surface area contributed by atoms with E-state index in [0.29, 0.717) is 31.7 Å². The predicted molar refractivity (Wildman–Crippen MR) is 79.8 cm³/mol. The largest absolute Gasteiger partial charge is 0.342 e. The van der Waals surface area contributed by atoms with Crippen LogP contribution in [0, 0.1) is 27.2 Å². The Balaban J connectivity index is 2.81. The lowest BCUT2D eigenvalue weighted by atomic mass is 9.79. The van der Waals surface area contributed by atoms with Crippen LogP contribution in [0.4, 0.5) is 28.9 Å². The number of rotatable bonds is 5. The number of alkyl halides is 4. The lowest BCUT2D eigenvalue weighted by Gasteiger charge is -2.29. The first-order valence-corrected chi connectivity index (χ1v) is 7.55. The van der Waals surface area contributed by atoms with Crippen LogP contribution >= 0.6 is 0 Å². The fourth-order valence-electron chi connectivity index (χ4n) is 3.14. The number of nitro groups is 2. The first kappa shape index (κ1) is 19.1. The van der Waals surface area contributed by atoms with Crippen molar-refractivity contribution >= 4 is 11.4 Å². The monoisotopic (exact) mass is 363 g/mol. The third kappa shape index (κ3) is 3.57. The van der Waals surface area contributed by atoms with E-state index in [4.69, 9.17) is 0 Å². The maximum Gasteiger partial charge on any atom is 0.342 e. The van der Waals surface area contributed by atoms with Gasteiger partial charge in [-0.2, -0.15) is 17.6 Å². The third-order valence-corrected chi connectivity index (χ3v) is 4.36. The minimum atomic E-state index is -4.93. The standard InChI is InChI=1S/C15H15F4N2O4/c1-14(16,17)15(18,19)13-11(9-5-3-2-4-6-9)7-10(20(22)23)8-12(13)21(24)25/h7-9H,1-6H2. The van der Waals surface area contributed by atoms with E-state index in [1.54, 1.807) is 0 Å². The van der Waals surface area contributed by atoms with Crippen LogP contribution in [0.1, 0.15) is 49.1 Å². The van der Waals surface area contributed by atoms with Gasteiger partial charge in [-0.3, -0.25) is 20.2 Å². The molecule has 1 aromatic carbocycles. The Bertz CT molecular complexity index is 698. The second kappa shape index (κ2) is 6.57. The van der Waals surface area contributed by atoms with Crippen molar-refractivity contribution in [2.24, 2.45) is 0 Å². The second-order valence-electron chi connectivity index (χ2n) is 6.06. The van der Waals surface area contributed by atoms with Gasteiger partial charge in [0, 0.05) is 13.0 Å². The summed E-state index contributed by atoms with van der Waals surface area (Å²) in [4.78, 5) is 19.9. The normalized spacial score (nSPS) is 16.7. The summed E-state index contributed by atoms with van der Waals surface area (Å²) in [6, 6.07) is 1.04. The molecule has 0 atom stereocenters. The smallest absolute Gasteiger partial charge is 0.258 e. The number of nitro benzene ring substituents is 2. The Kier molecular flexibility index (Phi) is 5.01. The quantitative estimate of drug-likeness (QED) is 0.413. The van der Waals surface area contributed by atoms with Crippen molar-refractivity contribution < 1.29 is 27.4 Å². The Morgan fingerprint density at radius 2 is 1.56 bits per heavy atom. The number of hydrogen-bond donors (Lipinski definition) is 0. The van der Waals surface area contributed by atoms with Crippen LogP contribution in [0.3, 0.4) is 0 Å². The van der Waals surface area contributed by atoms with Gasteiger partial charge in [-0.25, -0.2) is 0 Å². The van der Waals surface area contributed by atoms with Crippen molar-refractivity contribution in [1.29, 1.82) is 0 Å². The van der Waals surface area contributed by atoms with E-state index >= 15 is 0 Å². The fraction of sp³-hybridized carbons (Fsp3) is 0.533. The topological polar surface area (TPSA) is 86.3 Å². The minimum absolute atomic E-state index is 0.293. The molecule has 0 unspecified atom stereocenters. The summed E-state index contributed by atoms with van der Waals surface area (Å²) in [5.74, 6) is -10.4. The summed E-state index contributed by atoms with van der Waals surface area (Å²) < 4.78 is 55.5. The van der Waals surface area contributed by atoms with Crippen LogP contribution in [0.25, 0.3) is 0 Å². The van der Waals surface area contributed by atoms with Gasteiger partial charge < -0.3 is 0 Å². The van der Waals surface area contributed by atoms with Crippen molar-refractivity contribution in [2.75, 3.05) is 0 Å². The predicted octanol–water partition coefficient (Wildman–Crippen LogP) is 5.11. The molecule has 0 saturated heterocycles. The Morgan fingerprint density at radius 1 is 1.00 bits per heavy atom. The van der Waals surface area contributed by atoms with E-state index in [1.165, 1.54) is 0 Å². The van der Waals surface area contributed by atoms with Gasteiger partial charge in [-0.05, 0) is 24.3 Å². The first-order chi connectivity index (χ1) is 11.5. The van der Waals surface area contributed by atoms with Gasteiger partial charge in [0.15, 0.2) is 0 Å². The average Bonchev–Trinajstić information content (AvgIpc) is 2.53. The average molecular weight is 363 g/mol. The highest BCUT2D eigenvalue weighted by atomic mass is 19.3. The van der Waals surface area contributed by atoms with Gasteiger partial charge in [-0.1, -0.05) is 19.3 Å². The van der Waals surface area contributed by atoms with E-state index in [9.17, 15) is 37.8 Å². The molecule has 0 heterocycles. The number of benzene rings is 1. The summed E-state index contributed by atoms with van der Waals surface area (Å²) in [5.41, 5.74) is -4.11. The molecule has 0 aromatic heterocycles. The molecule has 1 radical (unpaired) electrons. The summed E-state index contributed by atoms with van der Waals surface area (Å²) in [6.07, 6.45) is 2.72. The van der Waals surface area contributed by atoms with Crippen molar-refractivity contribution in [3.63, 3.8) is 0 Å². The molecule has 1 aliphatic carbocycles. The molecular weight excluding hydrogens is 348 g/mol. The molecular formula is C15H15F4N2O4. The molecule has 0 amide bonds. The molecule has 6 nitrogen and oxygen atoms in total. The zero-order valence-electron chi connectivity index (χ0n) is 13.0. The van der Waals surface area contributed by atoms with Crippen LogP contribution < -0.4 is 0 Å². The highest BCUT2D eigenvalue weighted by Crippen LogP contribution is 2.51. The number of nitrogens with zero attached hydrogens (tertiary/aromatic N) is 2. The van der Waals surface area contributed by atoms with Crippen LogP contribution in [-0.2, 0) is 5.92 Å². The molecule has 1 saturated carbocycles. The fourth-order valence-corrected chi connectivity index (χ4v) is 3.14. The zero-order chi connectivity index (χ0) is 19.0. The third-order valence-electron chi connectivity index (χ3n) is 4.36. The van der Waals surface area contributed by atoms with E-state index in [2.05, 4.69) is 6.92 Å². The zero-order valence-corrected chi connectivity index (χ0v) is 13.0. The van der Waals surface area contributed by atoms with E-state index in [-0.39, 0.29) is 0 Å². The van der Waals surface area contributed by atoms with Crippen molar-refractivity contribution in [1.82, 2.24) is 0 Å². The second-order valence-corrected chi connectivity index (χ2v) is 6.06. The van der Waals surface area contributed by atoms with Crippen LogP contribution in [0.15, 0.2) is 12.1 Å². The van der Waals surface area contributed by atoms with E-state index in [1.807, 2.05) is 0 Å². The number of hydrogen-bond acceptors (Lipinski definition) is 4. The maximum absolute atomic E-state index is 14.3. The molecule has 2 rings (SSSR count). The van der Waals surface area contributed by atoms with Crippen LogP contribution in [0.2, 0.25) is 0 Å². The van der Waals surface area contributed by atoms with Gasteiger partial charge in [0.1, 0.15) is 5.56 Å². The molecule has 1 fully saturated rings. The van der Waals surface area contributed by atoms with Crippen molar-refractivity contribution in [3.8, 4) is 0 Å². The van der Waals surface area contributed by atoms with Crippen molar-refractivity contribution in [3.05, 3.63) is 50.4 Å². The van der Waals surface area contributed by atoms with E-state index in [0.717, 1.165) is 12.5 Å². The molecule has 1 aromatic rings. The molecule has 10 heteroatoms. The van der Waals surface area contributed by atoms with Gasteiger partial charge in [0.25, 0.3) is 11.4 Å². The molecule has 137 valence electrons. The summed E-state index contributed by atoms with van der Waals surface area (Å²) >= 11 is 0. The first-order valence-electron chi connectivity index (χ1n) is 7.55. The number of non-ortho nitro benzene ring substituents is 1. The van der Waals surface area contributed by atoms with Gasteiger partial charge in [-0.15, -0.1) is 0 Å². The highest BCUT2D eigenvalue weighted by Gasteiger charge is 2.58. The summed E-state index contributed by atoms with van der Waals surface area (Å²) in [5, 5.41) is 22.2. The molecule has 0 spiro atoms. The van der Waals surface area contributed by atoms with Crippen molar-refractivity contribution in [2.45, 2.75) is 49.9 Å². The lowest BCUT2D eigenvalue weighted by molar-refractivity contribution is -0.396. The Morgan fingerprint density at radius 3 is 2.00 bits per heavy atom. The van der Waals surface area contributed by atoms with Gasteiger partial charge in [0.05, 0.1) is 15.9 Å². The molecule has 0 bridgehead atoms. The summed E-state index contributed by atoms with van der Waals surface area (Å²) in [7, 11) is 0. The molecule has 25 heavy (non-hydrogen) atoms. The van der Waals surface area contributed by atoms with E-state index < -0.39 is 50.1 Å². The SMILES string of the molecule is [CH2]C(F)(F)C(F)(F)c1c(C2CCCCC2)cc([N+](=O)[O-])cc1[N+](=O)[O-]. The minimum Gasteiger partial charge on any atom is -0.258 e. The summed E-state index contributed by atoms with van der Waals surface area (Å²) in [6.45, 7) is 2.12. The van der Waals surface area contributed by atoms with Crippen LogP contribution in [-0.4, -0.2) is 15.8 Å². The molecule has 0 N–H and O–H groups in total. The molecule has 1 aliphatic rings. The Labute approximate surface area is 140 Å². The van der Waals surface area contributed by atoms with Gasteiger partial charge >= 0.3 is 11.8 Å². The maximum atomic E-state index is 14.3. The lowest BCUT2D eigenvalue weighted by Crippen LogP contribution is -2.37.